The van der Waals surface area contributed by atoms with E-state index in [9.17, 15) is 9.59 Å². The SMILES string of the molecule is CC(C(=O)O)=C(C)C(=O)N(C)CCOc1ccccc1C. The van der Waals surface area contributed by atoms with Crippen molar-refractivity contribution in [1.82, 2.24) is 4.90 Å². The molecule has 0 aromatic heterocycles. The maximum absolute atomic E-state index is 12.0. The quantitative estimate of drug-likeness (QED) is 0.816. The number of likely N-dealkylation sites (N-methyl/N-ethyl adjacent to an activating group) is 1. The Morgan fingerprint density at radius 2 is 1.81 bits per heavy atom. The van der Waals surface area contributed by atoms with E-state index in [0.29, 0.717) is 13.2 Å². The van der Waals surface area contributed by atoms with Gasteiger partial charge in [-0.05, 0) is 32.4 Å². The van der Waals surface area contributed by atoms with Gasteiger partial charge in [-0.1, -0.05) is 18.2 Å². The van der Waals surface area contributed by atoms with Crippen molar-refractivity contribution in [2.45, 2.75) is 20.8 Å². The standard InChI is InChI=1S/C16H21NO4/c1-11-7-5-6-8-14(11)21-10-9-17(4)15(18)12(2)13(3)16(19)20/h5-8H,9-10H2,1-4H3,(H,19,20). The van der Waals surface area contributed by atoms with Gasteiger partial charge in [0, 0.05) is 18.2 Å². The highest BCUT2D eigenvalue weighted by Crippen LogP contribution is 2.16. The molecule has 0 aliphatic rings. The Morgan fingerprint density at radius 3 is 2.38 bits per heavy atom. The number of amides is 1. The third-order valence-corrected chi connectivity index (χ3v) is 3.33. The van der Waals surface area contributed by atoms with Gasteiger partial charge in [0.25, 0.3) is 0 Å². The predicted octanol–water partition coefficient (Wildman–Crippen LogP) is 2.25. The van der Waals surface area contributed by atoms with E-state index >= 15 is 0 Å². The van der Waals surface area contributed by atoms with E-state index in [1.54, 1.807) is 7.05 Å². The third-order valence-electron chi connectivity index (χ3n) is 3.33. The minimum Gasteiger partial charge on any atom is -0.491 e. The van der Waals surface area contributed by atoms with Gasteiger partial charge in [-0.15, -0.1) is 0 Å². The topological polar surface area (TPSA) is 66.8 Å². The lowest BCUT2D eigenvalue weighted by atomic mass is 10.1. The second-order valence-corrected chi connectivity index (χ2v) is 4.90. The van der Waals surface area contributed by atoms with Crippen molar-refractivity contribution in [3.63, 3.8) is 0 Å². The van der Waals surface area contributed by atoms with Crippen LogP contribution in [0.3, 0.4) is 0 Å². The Bertz CT molecular complexity index is 563. The zero-order valence-corrected chi connectivity index (χ0v) is 12.8. The largest absolute Gasteiger partial charge is 0.491 e. The molecule has 0 saturated carbocycles. The van der Waals surface area contributed by atoms with Crippen LogP contribution in [-0.4, -0.2) is 42.1 Å². The fraction of sp³-hybridized carbons (Fsp3) is 0.375. The summed E-state index contributed by atoms with van der Waals surface area (Å²) >= 11 is 0. The molecule has 114 valence electrons. The average molecular weight is 291 g/mol. The van der Waals surface area contributed by atoms with Crippen LogP contribution in [0, 0.1) is 6.92 Å². The molecule has 1 aromatic rings. The van der Waals surface area contributed by atoms with Crippen molar-refractivity contribution < 1.29 is 19.4 Å². The minimum atomic E-state index is -1.08. The number of carboxylic acids is 1. The van der Waals surface area contributed by atoms with Gasteiger partial charge >= 0.3 is 5.97 Å². The van der Waals surface area contributed by atoms with Crippen molar-refractivity contribution in [3.8, 4) is 5.75 Å². The Morgan fingerprint density at radius 1 is 1.19 bits per heavy atom. The number of carboxylic acid groups (broad SMARTS) is 1. The summed E-state index contributed by atoms with van der Waals surface area (Å²) in [5.74, 6) is -0.596. The molecule has 0 heterocycles. The van der Waals surface area contributed by atoms with Gasteiger partial charge in [0.05, 0.1) is 6.54 Å². The second kappa shape index (κ2) is 7.47. The Hall–Kier alpha value is -2.30. The van der Waals surface area contributed by atoms with E-state index in [-0.39, 0.29) is 17.1 Å². The van der Waals surface area contributed by atoms with Crippen molar-refractivity contribution in [3.05, 3.63) is 41.0 Å². The highest BCUT2D eigenvalue weighted by atomic mass is 16.5. The first-order valence-electron chi connectivity index (χ1n) is 6.69. The number of carbonyl (C=O) groups is 2. The molecule has 0 aliphatic carbocycles. The zero-order valence-electron chi connectivity index (χ0n) is 12.8. The first-order chi connectivity index (χ1) is 9.84. The summed E-state index contributed by atoms with van der Waals surface area (Å²) < 4.78 is 5.62. The molecule has 1 N–H and O–H groups in total. The van der Waals surface area contributed by atoms with Crippen LogP contribution in [0.1, 0.15) is 19.4 Å². The van der Waals surface area contributed by atoms with Crippen LogP contribution in [0.25, 0.3) is 0 Å². The van der Waals surface area contributed by atoms with Gasteiger partial charge in [0.2, 0.25) is 5.91 Å². The molecular formula is C16H21NO4. The number of benzene rings is 1. The number of para-hydroxylation sites is 1. The monoisotopic (exact) mass is 291 g/mol. The molecule has 5 heteroatoms. The fourth-order valence-electron chi connectivity index (χ4n) is 1.72. The molecule has 1 amide bonds. The molecule has 0 aliphatic heterocycles. The molecule has 0 bridgehead atoms. The zero-order chi connectivity index (χ0) is 16.0. The first kappa shape index (κ1) is 16.8. The average Bonchev–Trinajstić information content (AvgIpc) is 2.46. The molecule has 0 atom stereocenters. The molecule has 1 aromatic carbocycles. The predicted molar refractivity (Wildman–Crippen MR) is 80.3 cm³/mol. The van der Waals surface area contributed by atoms with E-state index in [1.807, 2.05) is 31.2 Å². The third kappa shape index (κ3) is 4.63. The van der Waals surface area contributed by atoms with Gasteiger partial charge in [-0.25, -0.2) is 4.79 Å². The van der Waals surface area contributed by atoms with Gasteiger partial charge in [-0.3, -0.25) is 4.79 Å². The van der Waals surface area contributed by atoms with Crippen molar-refractivity contribution in [2.75, 3.05) is 20.2 Å². The fourth-order valence-corrected chi connectivity index (χ4v) is 1.72. The lowest BCUT2D eigenvalue weighted by Gasteiger charge is -2.19. The normalized spacial score (nSPS) is 11.6. The maximum atomic E-state index is 12.0. The van der Waals surface area contributed by atoms with Gasteiger partial charge in [0.15, 0.2) is 0 Å². The van der Waals surface area contributed by atoms with Crippen LogP contribution in [0.5, 0.6) is 5.75 Å². The number of carbonyl (C=O) groups excluding carboxylic acids is 1. The van der Waals surface area contributed by atoms with Crippen LogP contribution < -0.4 is 4.74 Å². The Labute approximate surface area is 124 Å². The minimum absolute atomic E-state index is 0.0617. The van der Waals surface area contributed by atoms with Gasteiger partial charge in [-0.2, -0.15) is 0 Å². The van der Waals surface area contributed by atoms with Crippen LogP contribution in [-0.2, 0) is 9.59 Å². The molecular weight excluding hydrogens is 270 g/mol. The smallest absolute Gasteiger partial charge is 0.331 e. The summed E-state index contributed by atoms with van der Waals surface area (Å²) in [4.78, 5) is 24.4. The van der Waals surface area contributed by atoms with Crippen LogP contribution >= 0.6 is 0 Å². The number of hydrogen-bond acceptors (Lipinski definition) is 3. The van der Waals surface area contributed by atoms with E-state index in [4.69, 9.17) is 9.84 Å². The highest BCUT2D eigenvalue weighted by Gasteiger charge is 2.16. The molecule has 0 spiro atoms. The number of aryl methyl sites for hydroxylation is 1. The molecule has 21 heavy (non-hydrogen) atoms. The van der Waals surface area contributed by atoms with Crippen LogP contribution in [0.2, 0.25) is 0 Å². The van der Waals surface area contributed by atoms with Gasteiger partial charge in [0.1, 0.15) is 12.4 Å². The number of hydrogen-bond donors (Lipinski definition) is 1. The number of rotatable bonds is 6. The second-order valence-electron chi connectivity index (χ2n) is 4.90. The summed E-state index contributed by atoms with van der Waals surface area (Å²) in [5, 5.41) is 8.89. The molecule has 1 rings (SSSR count). The van der Waals surface area contributed by atoms with Gasteiger partial charge < -0.3 is 14.7 Å². The summed E-state index contributed by atoms with van der Waals surface area (Å²) in [6.45, 7) is 5.63. The Balaban J connectivity index is 2.56. The van der Waals surface area contributed by atoms with E-state index in [2.05, 4.69) is 0 Å². The lowest BCUT2D eigenvalue weighted by Crippen LogP contribution is -2.32. The number of ether oxygens (including phenoxy) is 1. The summed E-state index contributed by atoms with van der Waals surface area (Å²) in [7, 11) is 1.63. The summed E-state index contributed by atoms with van der Waals surface area (Å²) in [6.07, 6.45) is 0. The van der Waals surface area contributed by atoms with E-state index in [1.165, 1.54) is 18.7 Å². The number of aliphatic carboxylic acids is 1. The maximum Gasteiger partial charge on any atom is 0.331 e. The van der Waals surface area contributed by atoms with Crippen LogP contribution in [0.15, 0.2) is 35.4 Å². The molecule has 0 fully saturated rings. The summed E-state index contributed by atoms with van der Waals surface area (Å²) in [6, 6.07) is 7.64. The highest BCUT2D eigenvalue weighted by molar-refractivity contribution is 6.01. The molecule has 0 saturated heterocycles. The lowest BCUT2D eigenvalue weighted by molar-refractivity contribution is -0.133. The Kier molecular flexibility index (Phi) is 5.96. The summed E-state index contributed by atoms with van der Waals surface area (Å²) in [5.41, 5.74) is 1.33. The van der Waals surface area contributed by atoms with E-state index < -0.39 is 5.97 Å². The molecule has 0 radical (unpaired) electrons. The van der Waals surface area contributed by atoms with E-state index in [0.717, 1.165) is 11.3 Å². The van der Waals surface area contributed by atoms with Crippen molar-refractivity contribution in [1.29, 1.82) is 0 Å². The first-order valence-corrected chi connectivity index (χ1v) is 6.69. The molecule has 0 unspecified atom stereocenters. The van der Waals surface area contributed by atoms with Crippen LogP contribution in [0.4, 0.5) is 0 Å². The number of nitrogens with zero attached hydrogens (tertiary/aromatic N) is 1. The molecule has 5 nitrogen and oxygen atoms in total. The van der Waals surface area contributed by atoms with Crippen molar-refractivity contribution >= 4 is 11.9 Å². The van der Waals surface area contributed by atoms with Crippen molar-refractivity contribution in [2.24, 2.45) is 0 Å².